The Morgan fingerprint density at radius 3 is 2.85 bits per heavy atom. The second-order valence-electron chi connectivity index (χ2n) is 7.19. The van der Waals surface area contributed by atoms with Gasteiger partial charge in [-0.3, -0.25) is 9.36 Å². The molecule has 2 aromatic carbocycles. The van der Waals surface area contributed by atoms with E-state index in [4.69, 9.17) is 4.98 Å². The monoisotopic (exact) mass is 359 g/mol. The Kier molecular flexibility index (Phi) is 3.57. The van der Waals surface area contributed by atoms with Crippen molar-refractivity contribution in [3.8, 4) is 17.3 Å². The summed E-state index contributed by atoms with van der Waals surface area (Å²) in [7, 11) is 0. The summed E-state index contributed by atoms with van der Waals surface area (Å²) in [5.74, 6) is 1.01. The summed E-state index contributed by atoms with van der Waals surface area (Å²) in [6.45, 7) is 3.64. The van der Waals surface area contributed by atoms with Gasteiger partial charge in [-0.05, 0) is 42.7 Å². The van der Waals surface area contributed by atoms with Gasteiger partial charge in [0.2, 0.25) is 0 Å². The number of hydrogen-bond donors (Lipinski definition) is 1. The maximum absolute atomic E-state index is 13.1. The Morgan fingerprint density at radius 1 is 1.15 bits per heavy atom. The highest BCUT2D eigenvalue weighted by Gasteiger charge is 2.27. The molecule has 0 fully saturated rings. The summed E-state index contributed by atoms with van der Waals surface area (Å²) in [5, 5.41) is 11.8. The van der Waals surface area contributed by atoms with Crippen molar-refractivity contribution in [1.29, 1.82) is 0 Å². The van der Waals surface area contributed by atoms with Crippen molar-refractivity contribution in [1.82, 2.24) is 14.1 Å². The molecule has 4 aromatic rings. The van der Waals surface area contributed by atoms with Crippen molar-refractivity contribution in [3.63, 3.8) is 0 Å². The fourth-order valence-corrected chi connectivity index (χ4v) is 4.25. The minimum Gasteiger partial charge on any atom is -0.508 e. The lowest BCUT2D eigenvalue weighted by Gasteiger charge is -2.21. The molecular formula is C22H21N3O2. The Morgan fingerprint density at radius 2 is 2.00 bits per heavy atom. The van der Waals surface area contributed by atoms with Crippen LogP contribution in [0.2, 0.25) is 0 Å². The number of aryl methyl sites for hydroxylation is 2. The molecule has 0 spiro atoms. The van der Waals surface area contributed by atoms with Crippen LogP contribution >= 0.6 is 0 Å². The number of hydrogen-bond acceptors (Lipinski definition) is 3. The first-order chi connectivity index (χ1) is 13.2. The van der Waals surface area contributed by atoms with Crippen LogP contribution in [0.3, 0.4) is 0 Å². The second kappa shape index (κ2) is 5.98. The zero-order valence-electron chi connectivity index (χ0n) is 15.3. The fraction of sp³-hybridized carbons (Fsp3) is 0.273. The predicted molar refractivity (Wildman–Crippen MR) is 107 cm³/mol. The molecule has 0 aliphatic carbocycles. The molecule has 2 aromatic heterocycles. The maximum atomic E-state index is 13.1. The van der Waals surface area contributed by atoms with Gasteiger partial charge in [0, 0.05) is 24.5 Å². The smallest absolute Gasteiger partial charge is 0.261 e. The van der Waals surface area contributed by atoms with E-state index in [1.165, 1.54) is 5.56 Å². The molecule has 1 N–H and O–H groups in total. The highest BCUT2D eigenvalue weighted by Crippen LogP contribution is 2.38. The first kappa shape index (κ1) is 16.1. The van der Waals surface area contributed by atoms with Crippen molar-refractivity contribution in [2.75, 3.05) is 0 Å². The molecule has 0 unspecified atom stereocenters. The lowest BCUT2D eigenvalue weighted by atomic mass is 10.0. The van der Waals surface area contributed by atoms with E-state index >= 15 is 0 Å². The van der Waals surface area contributed by atoms with E-state index < -0.39 is 0 Å². The Labute approximate surface area is 156 Å². The van der Waals surface area contributed by atoms with Gasteiger partial charge >= 0.3 is 0 Å². The van der Waals surface area contributed by atoms with Crippen LogP contribution < -0.4 is 5.56 Å². The molecule has 136 valence electrons. The third kappa shape index (κ3) is 2.31. The van der Waals surface area contributed by atoms with E-state index in [0.717, 1.165) is 53.7 Å². The van der Waals surface area contributed by atoms with Crippen LogP contribution in [-0.2, 0) is 19.5 Å². The molecule has 1 aliphatic heterocycles. The Bertz CT molecular complexity index is 1250. The van der Waals surface area contributed by atoms with Gasteiger partial charge in [0.25, 0.3) is 5.56 Å². The third-order valence-corrected chi connectivity index (χ3v) is 5.55. The number of rotatable bonds is 3. The molecule has 0 saturated carbocycles. The van der Waals surface area contributed by atoms with Crippen molar-refractivity contribution < 1.29 is 5.11 Å². The highest BCUT2D eigenvalue weighted by molar-refractivity contribution is 5.93. The van der Waals surface area contributed by atoms with Crippen LogP contribution in [-0.4, -0.2) is 19.2 Å². The van der Waals surface area contributed by atoms with E-state index in [2.05, 4.69) is 11.5 Å². The van der Waals surface area contributed by atoms with E-state index in [1.54, 1.807) is 6.07 Å². The second-order valence-corrected chi connectivity index (χ2v) is 7.19. The van der Waals surface area contributed by atoms with Crippen LogP contribution in [0.25, 0.3) is 33.3 Å². The highest BCUT2D eigenvalue weighted by atomic mass is 16.3. The lowest BCUT2D eigenvalue weighted by molar-refractivity contribution is 0.475. The first-order valence-corrected chi connectivity index (χ1v) is 9.53. The third-order valence-electron chi connectivity index (χ3n) is 5.55. The number of para-hydroxylation sites is 1. The molecule has 5 rings (SSSR count). The molecule has 0 amide bonds. The van der Waals surface area contributed by atoms with Crippen LogP contribution in [0.4, 0.5) is 0 Å². The van der Waals surface area contributed by atoms with Gasteiger partial charge in [-0.2, -0.15) is 0 Å². The molecule has 0 bridgehead atoms. The molecule has 1 aliphatic rings. The summed E-state index contributed by atoms with van der Waals surface area (Å²) >= 11 is 0. The van der Waals surface area contributed by atoms with Crippen LogP contribution in [0.5, 0.6) is 5.75 Å². The minimum atomic E-state index is 0.0244. The van der Waals surface area contributed by atoms with Crippen molar-refractivity contribution in [3.05, 3.63) is 58.4 Å². The van der Waals surface area contributed by atoms with Gasteiger partial charge < -0.3 is 9.67 Å². The van der Waals surface area contributed by atoms with Gasteiger partial charge in [0.1, 0.15) is 5.75 Å². The van der Waals surface area contributed by atoms with Gasteiger partial charge in [-0.15, -0.1) is 0 Å². The zero-order valence-corrected chi connectivity index (χ0v) is 15.3. The summed E-state index contributed by atoms with van der Waals surface area (Å²) in [6.07, 6.45) is 2.90. The number of fused-ring (bicyclic) bond motifs is 6. The standard InChI is InChI=1S/C22H21N3O2/c1-2-3-11-24-19-13-14(26)8-9-15(19)16-10-12-25-21(20(16)24)23-18-7-5-4-6-17(18)22(25)27/h4-9,13,26H,2-3,10-12H2,1H3. The molecule has 5 nitrogen and oxygen atoms in total. The SMILES string of the molecule is CCCCn1c2c(c3ccc(O)cc31)CCn1c-2nc2ccccc2c1=O. The zero-order chi connectivity index (χ0) is 18.5. The number of aromatic nitrogens is 3. The number of nitrogens with zero attached hydrogens (tertiary/aromatic N) is 3. The molecule has 3 heterocycles. The molecule has 5 heteroatoms. The number of phenolic OH excluding ortho intramolecular Hbond substituents is 1. The first-order valence-electron chi connectivity index (χ1n) is 9.53. The fourth-order valence-electron chi connectivity index (χ4n) is 4.25. The molecule has 0 saturated heterocycles. The Hall–Kier alpha value is -3.08. The quantitative estimate of drug-likeness (QED) is 0.600. The summed E-state index contributed by atoms with van der Waals surface area (Å²) in [5.41, 5.74) is 4.03. The van der Waals surface area contributed by atoms with Crippen LogP contribution in [0.1, 0.15) is 25.3 Å². The number of unbranched alkanes of at least 4 members (excludes halogenated alkanes) is 1. The van der Waals surface area contributed by atoms with E-state index in [9.17, 15) is 9.90 Å². The van der Waals surface area contributed by atoms with Crippen LogP contribution in [0.15, 0.2) is 47.3 Å². The molecular weight excluding hydrogens is 338 g/mol. The molecule has 0 radical (unpaired) electrons. The van der Waals surface area contributed by atoms with E-state index in [1.807, 2.05) is 41.0 Å². The minimum absolute atomic E-state index is 0.0244. The lowest BCUT2D eigenvalue weighted by Crippen LogP contribution is -2.28. The maximum Gasteiger partial charge on any atom is 0.261 e. The van der Waals surface area contributed by atoms with E-state index in [-0.39, 0.29) is 11.3 Å². The van der Waals surface area contributed by atoms with Crippen LogP contribution in [0, 0.1) is 0 Å². The summed E-state index contributed by atoms with van der Waals surface area (Å²) in [4.78, 5) is 17.9. The molecule has 27 heavy (non-hydrogen) atoms. The number of phenols is 1. The normalized spacial score (nSPS) is 13.1. The average Bonchev–Trinajstić information content (AvgIpc) is 2.99. The number of aromatic hydroxyl groups is 1. The Balaban J connectivity index is 1.89. The van der Waals surface area contributed by atoms with Gasteiger partial charge in [0.05, 0.1) is 22.1 Å². The van der Waals surface area contributed by atoms with Crippen molar-refractivity contribution in [2.45, 2.75) is 39.3 Å². The molecule has 0 atom stereocenters. The van der Waals surface area contributed by atoms with Crippen molar-refractivity contribution >= 4 is 21.8 Å². The van der Waals surface area contributed by atoms with E-state index in [0.29, 0.717) is 11.9 Å². The largest absolute Gasteiger partial charge is 0.508 e. The van der Waals surface area contributed by atoms with Gasteiger partial charge in [-0.1, -0.05) is 25.5 Å². The number of benzene rings is 2. The summed E-state index contributed by atoms with van der Waals surface area (Å²) < 4.78 is 4.05. The van der Waals surface area contributed by atoms with Crippen molar-refractivity contribution in [2.24, 2.45) is 0 Å². The topological polar surface area (TPSA) is 60.1 Å². The van der Waals surface area contributed by atoms with Gasteiger partial charge in [-0.25, -0.2) is 4.98 Å². The average molecular weight is 359 g/mol. The summed E-state index contributed by atoms with van der Waals surface area (Å²) in [6, 6.07) is 13.1. The van der Waals surface area contributed by atoms with Gasteiger partial charge in [0.15, 0.2) is 5.82 Å². The predicted octanol–water partition coefficient (Wildman–Crippen LogP) is 4.08.